The molecule has 6 heteroatoms. The van der Waals surface area contributed by atoms with Crippen LogP contribution in [-0.4, -0.2) is 28.8 Å². The Labute approximate surface area is 147 Å². The summed E-state index contributed by atoms with van der Waals surface area (Å²) in [5.41, 5.74) is 2.40. The lowest BCUT2D eigenvalue weighted by atomic mass is 10.1. The third-order valence-electron chi connectivity index (χ3n) is 3.73. The summed E-state index contributed by atoms with van der Waals surface area (Å²) in [7, 11) is 1.67. The lowest BCUT2D eigenvalue weighted by Gasteiger charge is -2.08. The van der Waals surface area contributed by atoms with Gasteiger partial charge < -0.3 is 15.4 Å². The van der Waals surface area contributed by atoms with Crippen molar-refractivity contribution in [1.82, 2.24) is 15.2 Å². The Morgan fingerprint density at radius 1 is 0.920 bits per heavy atom. The fourth-order valence-electron chi connectivity index (χ4n) is 2.37. The molecule has 3 aromatic rings. The number of benzene rings is 2. The standard InChI is InChI=1S/C19H21N5O/c1-25-17-9-7-15(8-10-17)11-12-20-18-14-22-24-19(23-18)21-13-16-5-3-2-4-6-16/h2-10,14H,11-13H2,1H3,(H2,20,21,23,24). The highest BCUT2D eigenvalue weighted by atomic mass is 16.5. The van der Waals surface area contributed by atoms with E-state index in [-0.39, 0.29) is 0 Å². The number of hydrogen-bond donors (Lipinski definition) is 2. The molecule has 0 amide bonds. The molecule has 0 saturated heterocycles. The minimum Gasteiger partial charge on any atom is -0.497 e. The number of nitrogens with zero attached hydrogens (tertiary/aromatic N) is 3. The van der Waals surface area contributed by atoms with Crippen molar-refractivity contribution in [2.45, 2.75) is 13.0 Å². The number of nitrogens with one attached hydrogen (secondary N) is 2. The molecule has 0 radical (unpaired) electrons. The summed E-state index contributed by atoms with van der Waals surface area (Å²) < 4.78 is 5.16. The van der Waals surface area contributed by atoms with Crippen molar-refractivity contribution in [1.29, 1.82) is 0 Å². The number of ether oxygens (including phenoxy) is 1. The average Bonchev–Trinajstić information content (AvgIpc) is 2.68. The van der Waals surface area contributed by atoms with Gasteiger partial charge in [0.25, 0.3) is 0 Å². The number of anilines is 2. The van der Waals surface area contributed by atoms with E-state index < -0.39 is 0 Å². The number of methoxy groups -OCH3 is 1. The molecule has 2 aromatic carbocycles. The molecule has 0 atom stereocenters. The van der Waals surface area contributed by atoms with E-state index in [9.17, 15) is 0 Å². The van der Waals surface area contributed by atoms with Crippen molar-refractivity contribution in [2.75, 3.05) is 24.3 Å². The van der Waals surface area contributed by atoms with Crippen LogP contribution in [-0.2, 0) is 13.0 Å². The molecule has 0 saturated carbocycles. The van der Waals surface area contributed by atoms with E-state index in [1.54, 1.807) is 13.3 Å². The molecular weight excluding hydrogens is 314 g/mol. The molecule has 1 aromatic heterocycles. The van der Waals surface area contributed by atoms with E-state index >= 15 is 0 Å². The summed E-state index contributed by atoms with van der Waals surface area (Å²) in [5.74, 6) is 2.09. The van der Waals surface area contributed by atoms with Crippen molar-refractivity contribution < 1.29 is 4.74 Å². The Hall–Kier alpha value is -3.15. The van der Waals surface area contributed by atoms with Gasteiger partial charge in [0.2, 0.25) is 5.95 Å². The zero-order valence-corrected chi connectivity index (χ0v) is 14.1. The third kappa shape index (κ3) is 5.17. The Bertz CT molecular complexity index is 777. The van der Waals surface area contributed by atoms with Crippen LogP contribution < -0.4 is 15.4 Å². The lowest BCUT2D eigenvalue weighted by molar-refractivity contribution is 0.414. The van der Waals surface area contributed by atoms with Gasteiger partial charge in [-0.05, 0) is 29.7 Å². The van der Waals surface area contributed by atoms with Crippen LogP contribution in [0.25, 0.3) is 0 Å². The second kappa shape index (κ2) is 8.63. The van der Waals surface area contributed by atoms with Crippen LogP contribution in [0, 0.1) is 0 Å². The van der Waals surface area contributed by atoms with Crippen LogP contribution in [0.4, 0.5) is 11.8 Å². The maximum Gasteiger partial charge on any atom is 0.244 e. The molecule has 0 fully saturated rings. The highest BCUT2D eigenvalue weighted by molar-refractivity contribution is 5.38. The van der Waals surface area contributed by atoms with Gasteiger partial charge in [-0.15, -0.1) is 5.10 Å². The van der Waals surface area contributed by atoms with Gasteiger partial charge in [0.15, 0.2) is 5.82 Å². The van der Waals surface area contributed by atoms with Crippen molar-refractivity contribution in [3.8, 4) is 5.75 Å². The molecule has 25 heavy (non-hydrogen) atoms. The minimum absolute atomic E-state index is 0.512. The molecule has 3 rings (SSSR count). The van der Waals surface area contributed by atoms with Crippen LogP contribution in [0.2, 0.25) is 0 Å². The van der Waals surface area contributed by atoms with Gasteiger partial charge in [0.05, 0.1) is 13.3 Å². The zero-order valence-electron chi connectivity index (χ0n) is 14.1. The maximum atomic E-state index is 5.16. The molecule has 2 N–H and O–H groups in total. The van der Waals surface area contributed by atoms with E-state index in [1.165, 1.54) is 11.1 Å². The Morgan fingerprint density at radius 2 is 1.72 bits per heavy atom. The van der Waals surface area contributed by atoms with Crippen LogP contribution in [0.1, 0.15) is 11.1 Å². The van der Waals surface area contributed by atoms with Crippen molar-refractivity contribution in [2.24, 2.45) is 0 Å². The fraction of sp³-hybridized carbons (Fsp3) is 0.211. The van der Waals surface area contributed by atoms with E-state index in [1.807, 2.05) is 30.3 Å². The summed E-state index contributed by atoms with van der Waals surface area (Å²) in [6, 6.07) is 18.2. The first-order valence-corrected chi connectivity index (χ1v) is 8.18. The summed E-state index contributed by atoms with van der Waals surface area (Å²) in [4.78, 5) is 4.43. The first kappa shape index (κ1) is 16.7. The first-order chi connectivity index (χ1) is 12.3. The third-order valence-corrected chi connectivity index (χ3v) is 3.73. The van der Waals surface area contributed by atoms with E-state index in [0.717, 1.165) is 18.7 Å². The molecule has 1 heterocycles. The van der Waals surface area contributed by atoms with Crippen LogP contribution in [0.3, 0.4) is 0 Å². The smallest absolute Gasteiger partial charge is 0.244 e. The average molecular weight is 335 g/mol. The molecular formula is C19H21N5O. The Balaban J connectivity index is 1.49. The normalized spacial score (nSPS) is 10.3. The van der Waals surface area contributed by atoms with Gasteiger partial charge >= 0.3 is 0 Å². The van der Waals surface area contributed by atoms with Gasteiger partial charge in [-0.1, -0.05) is 42.5 Å². The number of aromatic nitrogens is 3. The molecule has 0 unspecified atom stereocenters. The van der Waals surface area contributed by atoms with Crippen LogP contribution in [0.15, 0.2) is 60.8 Å². The monoisotopic (exact) mass is 335 g/mol. The van der Waals surface area contributed by atoms with Gasteiger partial charge in [-0.2, -0.15) is 10.1 Å². The van der Waals surface area contributed by atoms with E-state index in [4.69, 9.17) is 4.74 Å². The first-order valence-electron chi connectivity index (χ1n) is 8.18. The molecule has 6 nitrogen and oxygen atoms in total. The topological polar surface area (TPSA) is 72.0 Å². The largest absolute Gasteiger partial charge is 0.497 e. The van der Waals surface area contributed by atoms with Gasteiger partial charge in [0.1, 0.15) is 5.75 Å². The molecule has 0 aliphatic heterocycles. The molecule has 0 aliphatic rings. The maximum absolute atomic E-state index is 5.16. The summed E-state index contributed by atoms with van der Waals surface area (Å²) in [6.07, 6.45) is 2.52. The quantitative estimate of drug-likeness (QED) is 0.659. The van der Waals surface area contributed by atoms with E-state index in [2.05, 4.69) is 50.1 Å². The second-order valence-electron chi connectivity index (χ2n) is 5.53. The summed E-state index contributed by atoms with van der Waals surface area (Å²) in [6.45, 7) is 1.43. The van der Waals surface area contributed by atoms with Crippen molar-refractivity contribution in [3.05, 3.63) is 71.9 Å². The van der Waals surface area contributed by atoms with Crippen molar-refractivity contribution >= 4 is 11.8 Å². The van der Waals surface area contributed by atoms with Gasteiger partial charge in [0, 0.05) is 13.1 Å². The van der Waals surface area contributed by atoms with Gasteiger partial charge in [-0.3, -0.25) is 0 Å². The number of rotatable bonds is 8. The minimum atomic E-state index is 0.512. The fourth-order valence-corrected chi connectivity index (χ4v) is 2.37. The zero-order chi connectivity index (χ0) is 17.3. The summed E-state index contributed by atoms with van der Waals surface area (Å²) in [5, 5.41) is 14.5. The second-order valence-corrected chi connectivity index (χ2v) is 5.53. The molecule has 128 valence electrons. The van der Waals surface area contributed by atoms with Crippen molar-refractivity contribution in [3.63, 3.8) is 0 Å². The summed E-state index contributed by atoms with van der Waals surface area (Å²) >= 11 is 0. The SMILES string of the molecule is COc1ccc(CCNc2cnnc(NCc3ccccc3)n2)cc1. The van der Waals surface area contributed by atoms with Gasteiger partial charge in [-0.25, -0.2) is 0 Å². The predicted octanol–water partition coefficient (Wildman–Crippen LogP) is 3.15. The van der Waals surface area contributed by atoms with Crippen LogP contribution in [0.5, 0.6) is 5.75 Å². The Morgan fingerprint density at radius 3 is 2.48 bits per heavy atom. The van der Waals surface area contributed by atoms with Crippen LogP contribution >= 0.6 is 0 Å². The highest BCUT2D eigenvalue weighted by Crippen LogP contribution is 2.12. The molecule has 0 spiro atoms. The lowest BCUT2D eigenvalue weighted by Crippen LogP contribution is -2.10. The highest BCUT2D eigenvalue weighted by Gasteiger charge is 2.01. The molecule has 0 aliphatic carbocycles. The number of hydrogen-bond acceptors (Lipinski definition) is 6. The Kier molecular flexibility index (Phi) is 5.77. The van der Waals surface area contributed by atoms with E-state index in [0.29, 0.717) is 18.3 Å². The predicted molar refractivity (Wildman–Crippen MR) is 98.8 cm³/mol. The molecule has 0 bridgehead atoms.